The van der Waals surface area contributed by atoms with Crippen LogP contribution in [0.3, 0.4) is 0 Å². The van der Waals surface area contributed by atoms with Crippen molar-refractivity contribution in [2.75, 3.05) is 18.5 Å². The van der Waals surface area contributed by atoms with Crippen molar-refractivity contribution in [1.29, 1.82) is 0 Å². The zero-order valence-electron chi connectivity index (χ0n) is 14.9. The number of esters is 1. The molecule has 0 atom stereocenters. The van der Waals surface area contributed by atoms with Gasteiger partial charge in [-0.05, 0) is 78.2 Å². The second-order valence-electron chi connectivity index (χ2n) is 5.73. The maximum Gasteiger partial charge on any atom is 0.338 e. The Kier molecular flexibility index (Phi) is 7.66. The third-order valence-electron chi connectivity index (χ3n) is 3.57. The van der Waals surface area contributed by atoms with Crippen molar-refractivity contribution in [2.45, 2.75) is 26.7 Å². The van der Waals surface area contributed by atoms with Gasteiger partial charge in [-0.15, -0.1) is 0 Å². The number of halogens is 1. The lowest BCUT2D eigenvalue weighted by molar-refractivity contribution is -0.116. The Hall–Kier alpha value is -2.34. The average Bonchev–Trinajstić information content (AvgIpc) is 2.61. The van der Waals surface area contributed by atoms with Crippen LogP contribution in [-0.2, 0) is 9.53 Å². The molecule has 0 heterocycles. The Bertz CT molecular complexity index is 759. The van der Waals surface area contributed by atoms with E-state index in [1.165, 1.54) is 0 Å². The van der Waals surface area contributed by atoms with Crippen molar-refractivity contribution in [3.05, 3.63) is 58.1 Å². The van der Waals surface area contributed by atoms with Crippen molar-refractivity contribution in [3.63, 3.8) is 0 Å². The lowest BCUT2D eigenvalue weighted by atomic mass is 10.2. The maximum absolute atomic E-state index is 12.0. The highest BCUT2D eigenvalue weighted by atomic mass is 79.9. The van der Waals surface area contributed by atoms with Crippen molar-refractivity contribution >= 4 is 33.5 Å². The molecule has 0 saturated carbocycles. The lowest BCUT2D eigenvalue weighted by Crippen LogP contribution is -2.13. The smallest absolute Gasteiger partial charge is 0.338 e. The van der Waals surface area contributed by atoms with Crippen LogP contribution < -0.4 is 10.1 Å². The fourth-order valence-corrected chi connectivity index (χ4v) is 2.87. The highest BCUT2D eigenvalue weighted by Crippen LogP contribution is 2.25. The molecule has 0 fully saturated rings. The Labute approximate surface area is 161 Å². The summed E-state index contributed by atoms with van der Waals surface area (Å²) in [5, 5.41) is 2.80. The largest absolute Gasteiger partial charge is 0.492 e. The molecule has 1 N–H and O–H groups in total. The number of ether oxygens (including phenoxy) is 2. The van der Waals surface area contributed by atoms with Crippen LogP contribution in [-0.4, -0.2) is 25.1 Å². The van der Waals surface area contributed by atoms with Crippen LogP contribution in [0.4, 0.5) is 5.69 Å². The molecular weight excluding hydrogens is 398 g/mol. The highest BCUT2D eigenvalue weighted by Gasteiger charge is 2.07. The van der Waals surface area contributed by atoms with E-state index >= 15 is 0 Å². The maximum atomic E-state index is 12.0. The molecule has 0 bridgehead atoms. The molecule has 6 heteroatoms. The van der Waals surface area contributed by atoms with Gasteiger partial charge in [0.05, 0.1) is 23.2 Å². The molecule has 5 nitrogen and oxygen atoms in total. The summed E-state index contributed by atoms with van der Waals surface area (Å²) in [7, 11) is 0. The Morgan fingerprint density at radius 2 is 1.85 bits per heavy atom. The fourth-order valence-electron chi connectivity index (χ4n) is 2.27. The van der Waals surface area contributed by atoms with Crippen LogP contribution >= 0.6 is 15.9 Å². The Morgan fingerprint density at radius 3 is 2.50 bits per heavy atom. The van der Waals surface area contributed by atoms with Crippen LogP contribution in [0.25, 0.3) is 0 Å². The minimum atomic E-state index is -0.371. The van der Waals surface area contributed by atoms with Crippen molar-refractivity contribution in [1.82, 2.24) is 0 Å². The van der Waals surface area contributed by atoms with Gasteiger partial charge in [-0.1, -0.05) is 6.07 Å². The van der Waals surface area contributed by atoms with Crippen LogP contribution in [0.1, 0.15) is 35.7 Å². The molecule has 0 aliphatic carbocycles. The summed E-state index contributed by atoms with van der Waals surface area (Å²) in [5.74, 6) is 0.302. The van der Waals surface area contributed by atoms with Crippen LogP contribution in [0, 0.1) is 6.92 Å². The molecule has 138 valence electrons. The number of anilines is 1. The molecule has 0 saturated heterocycles. The summed E-state index contributed by atoms with van der Waals surface area (Å²) in [6.45, 7) is 4.56. The van der Waals surface area contributed by atoms with E-state index in [1.54, 1.807) is 31.2 Å². The fraction of sp³-hybridized carbons (Fsp3) is 0.300. The van der Waals surface area contributed by atoms with Crippen LogP contribution in [0.15, 0.2) is 46.9 Å². The lowest BCUT2D eigenvalue weighted by Gasteiger charge is -2.09. The molecule has 2 aromatic carbocycles. The first-order valence-corrected chi connectivity index (χ1v) is 9.25. The van der Waals surface area contributed by atoms with Gasteiger partial charge in [0.15, 0.2) is 0 Å². The molecule has 26 heavy (non-hydrogen) atoms. The van der Waals surface area contributed by atoms with Crippen molar-refractivity contribution in [3.8, 4) is 5.75 Å². The first kappa shape index (κ1) is 20.0. The third kappa shape index (κ3) is 6.19. The van der Waals surface area contributed by atoms with E-state index in [0.29, 0.717) is 37.3 Å². The number of nitrogens with one attached hydrogen (secondary N) is 1. The number of amides is 1. The summed E-state index contributed by atoms with van der Waals surface area (Å²) < 4.78 is 11.5. The topological polar surface area (TPSA) is 64.6 Å². The van der Waals surface area contributed by atoms with Gasteiger partial charge in [0.2, 0.25) is 5.91 Å². The monoisotopic (exact) mass is 419 g/mol. The Morgan fingerprint density at radius 1 is 1.12 bits per heavy atom. The summed E-state index contributed by atoms with van der Waals surface area (Å²) in [4.78, 5) is 23.6. The van der Waals surface area contributed by atoms with E-state index < -0.39 is 0 Å². The summed E-state index contributed by atoms with van der Waals surface area (Å²) in [6.07, 6.45) is 0.955. The molecule has 0 aliphatic rings. The number of hydrogen-bond donors (Lipinski definition) is 1. The van der Waals surface area contributed by atoms with Gasteiger partial charge in [-0.3, -0.25) is 4.79 Å². The molecule has 0 aliphatic heterocycles. The van der Waals surface area contributed by atoms with Crippen molar-refractivity contribution in [2.24, 2.45) is 0 Å². The molecule has 1 amide bonds. The van der Waals surface area contributed by atoms with E-state index in [2.05, 4.69) is 21.2 Å². The highest BCUT2D eigenvalue weighted by molar-refractivity contribution is 9.10. The number of carbonyl (C=O) groups excluding carboxylic acids is 2. The first-order chi connectivity index (χ1) is 12.5. The minimum absolute atomic E-state index is 0.0968. The summed E-state index contributed by atoms with van der Waals surface area (Å²) in [6, 6.07) is 12.5. The number of hydrogen-bond acceptors (Lipinski definition) is 4. The predicted molar refractivity (Wildman–Crippen MR) is 105 cm³/mol. The number of benzene rings is 2. The van der Waals surface area contributed by atoms with E-state index in [9.17, 15) is 9.59 Å². The second kappa shape index (κ2) is 9.97. The zero-order valence-corrected chi connectivity index (χ0v) is 16.5. The summed E-state index contributed by atoms with van der Waals surface area (Å²) in [5.41, 5.74) is 2.25. The third-order valence-corrected chi connectivity index (χ3v) is 4.19. The van der Waals surface area contributed by atoms with Gasteiger partial charge >= 0.3 is 5.97 Å². The quantitative estimate of drug-likeness (QED) is 0.495. The standard InChI is InChI=1S/C20H22BrNO4/c1-3-25-20(24)15-7-9-16(10-8-15)22-19(23)5-4-12-26-18-11-6-14(2)13-17(18)21/h6-11,13H,3-5,12H2,1-2H3,(H,22,23). The summed E-state index contributed by atoms with van der Waals surface area (Å²) >= 11 is 3.46. The van der Waals surface area contributed by atoms with Gasteiger partial charge in [0.25, 0.3) is 0 Å². The average molecular weight is 420 g/mol. The Balaban J connectivity index is 1.74. The van der Waals surface area contributed by atoms with E-state index in [0.717, 1.165) is 15.8 Å². The van der Waals surface area contributed by atoms with Crippen molar-refractivity contribution < 1.29 is 19.1 Å². The minimum Gasteiger partial charge on any atom is -0.492 e. The predicted octanol–water partition coefficient (Wildman–Crippen LogP) is 4.73. The number of rotatable bonds is 8. The van der Waals surface area contributed by atoms with Crippen LogP contribution in [0.2, 0.25) is 0 Å². The van der Waals surface area contributed by atoms with Gasteiger partial charge in [-0.2, -0.15) is 0 Å². The molecule has 0 unspecified atom stereocenters. The number of carbonyl (C=O) groups is 2. The van der Waals surface area contributed by atoms with E-state index in [4.69, 9.17) is 9.47 Å². The molecule has 0 spiro atoms. The van der Waals surface area contributed by atoms with Gasteiger partial charge < -0.3 is 14.8 Å². The van der Waals surface area contributed by atoms with Crippen LogP contribution in [0.5, 0.6) is 5.75 Å². The van der Waals surface area contributed by atoms with Gasteiger partial charge in [0.1, 0.15) is 5.75 Å². The molecule has 2 rings (SSSR count). The van der Waals surface area contributed by atoms with Gasteiger partial charge in [-0.25, -0.2) is 4.79 Å². The first-order valence-electron chi connectivity index (χ1n) is 8.45. The molecular formula is C20H22BrNO4. The molecule has 0 radical (unpaired) electrons. The van der Waals surface area contributed by atoms with Gasteiger partial charge in [0, 0.05) is 12.1 Å². The zero-order chi connectivity index (χ0) is 18.9. The normalized spacial score (nSPS) is 10.3. The molecule has 0 aromatic heterocycles. The SMILES string of the molecule is CCOC(=O)c1ccc(NC(=O)CCCOc2ccc(C)cc2Br)cc1. The number of aryl methyl sites for hydroxylation is 1. The van der Waals surface area contributed by atoms with E-state index in [1.807, 2.05) is 25.1 Å². The molecule has 2 aromatic rings. The van der Waals surface area contributed by atoms with E-state index in [-0.39, 0.29) is 11.9 Å². The second-order valence-corrected chi connectivity index (χ2v) is 6.59.